The summed E-state index contributed by atoms with van der Waals surface area (Å²) >= 11 is 0. The van der Waals surface area contributed by atoms with Crippen LogP contribution in [0.15, 0.2) is 24.3 Å². The van der Waals surface area contributed by atoms with E-state index in [4.69, 9.17) is 0 Å². The van der Waals surface area contributed by atoms with E-state index in [-0.39, 0.29) is 18.4 Å². The monoisotopic (exact) mass is 226 g/mol. The average molecular weight is 226 g/mol. The molecule has 2 amide bonds. The molecule has 1 rings (SSSR count). The molecule has 1 atom stereocenters. The lowest BCUT2D eigenvalue weighted by atomic mass is 10.1. The predicted molar refractivity (Wildman–Crippen MR) is 58.4 cm³/mol. The van der Waals surface area contributed by atoms with Gasteiger partial charge in [0.05, 0.1) is 6.10 Å². The number of benzene rings is 1. The van der Waals surface area contributed by atoms with Gasteiger partial charge in [0.25, 0.3) is 0 Å². The SMILES string of the molecule is CCNC(=O)NCC(O)c1ccc(F)cc1. The molecule has 0 saturated carbocycles. The summed E-state index contributed by atoms with van der Waals surface area (Å²) in [6.45, 7) is 2.42. The zero-order valence-corrected chi connectivity index (χ0v) is 9.03. The van der Waals surface area contributed by atoms with E-state index < -0.39 is 6.10 Å². The lowest BCUT2D eigenvalue weighted by molar-refractivity contribution is 0.173. The van der Waals surface area contributed by atoms with E-state index in [2.05, 4.69) is 10.6 Å². The highest BCUT2D eigenvalue weighted by atomic mass is 19.1. The Bertz CT molecular complexity index is 340. The number of rotatable bonds is 4. The third kappa shape index (κ3) is 3.86. The Morgan fingerprint density at radius 1 is 1.38 bits per heavy atom. The Morgan fingerprint density at radius 2 is 2.00 bits per heavy atom. The maximum Gasteiger partial charge on any atom is 0.314 e. The van der Waals surface area contributed by atoms with E-state index in [0.717, 1.165) is 0 Å². The Morgan fingerprint density at radius 3 is 2.56 bits per heavy atom. The van der Waals surface area contributed by atoms with Gasteiger partial charge in [-0.05, 0) is 24.6 Å². The molecule has 0 radical (unpaired) electrons. The minimum Gasteiger partial charge on any atom is -0.387 e. The first-order valence-electron chi connectivity index (χ1n) is 5.08. The first-order valence-corrected chi connectivity index (χ1v) is 5.08. The molecule has 0 spiro atoms. The van der Waals surface area contributed by atoms with Crippen LogP contribution in [-0.2, 0) is 0 Å². The van der Waals surface area contributed by atoms with Crippen LogP contribution in [0.4, 0.5) is 9.18 Å². The minimum atomic E-state index is -0.830. The van der Waals surface area contributed by atoms with E-state index >= 15 is 0 Å². The molecule has 1 aromatic carbocycles. The van der Waals surface area contributed by atoms with Gasteiger partial charge in [0.1, 0.15) is 5.82 Å². The standard InChI is InChI=1S/C11H15FN2O2/c1-2-13-11(16)14-7-10(15)8-3-5-9(12)6-4-8/h3-6,10,15H,2,7H2,1H3,(H2,13,14,16). The zero-order valence-electron chi connectivity index (χ0n) is 9.03. The van der Waals surface area contributed by atoms with Crippen molar-refractivity contribution in [3.8, 4) is 0 Å². The Balaban J connectivity index is 2.43. The summed E-state index contributed by atoms with van der Waals surface area (Å²) in [7, 11) is 0. The van der Waals surface area contributed by atoms with E-state index in [1.807, 2.05) is 0 Å². The number of amides is 2. The molecule has 1 unspecified atom stereocenters. The van der Waals surface area contributed by atoms with Gasteiger partial charge in [0, 0.05) is 13.1 Å². The second-order valence-corrected chi connectivity index (χ2v) is 3.31. The minimum absolute atomic E-state index is 0.0947. The van der Waals surface area contributed by atoms with Gasteiger partial charge in [-0.25, -0.2) is 9.18 Å². The van der Waals surface area contributed by atoms with Gasteiger partial charge in [-0.15, -0.1) is 0 Å². The van der Waals surface area contributed by atoms with Crippen LogP contribution >= 0.6 is 0 Å². The lowest BCUT2D eigenvalue weighted by Gasteiger charge is -2.12. The third-order valence-electron chi connectivity index (χ3n) is 2.05. The molecule has 0 fully saturated rings. The molecular formula is C11H15FN2O2. The van der Waals surface area contributed by atoms with Gasteiger partial charge in [-0.2, -0.15) is 0 Å². The highest BCUT2D eigenvalue weighted by Gasteiger charge is 2.08. The van der Waals surface area contributed by atoms with Crippen molar-refractivity contribution in [3.63, 3.8) is 0 Å². The molecule has 0 bridgehead atoms. The summed E-state index contributed by atoms with van der Waals surface area (Å²) in [6.07, 6.45) is -0.830. The summed E-state index contributed by atoms with van der Waals surface area (Å²) in [5.41, 5.74) is 0.568. The van der Waals surface area contributed by atoms with E-state index in [0.29, 0.717) is 12.1 Å². The van der Waals surface area contributed by atoms with Gasteiger partial charge in [-0.1, -0.05) is 12.1 Å². The van der Waals surface area contributed by atoms with Gasteiger partial charge >= 0.3 is 6.03 Å². The fraction of sp³-hybridized carbons (Fsp3) is 0.364. The van der Waals surface area contributed by atoms with Crippen molar-refractivity contribution in [1.29, 1.82) is 0 Å². The van der Waals surface area contributed by atoms with E-state index in [9.17, 15) is 14.3 Å². The van der Waals surface area contributed by atoms with Crippen LogP contribution in [0.5, 0.6) is 0 Å². The number of nitrogens with one attached hydrogen (secondary N) is 2. The van der Waals surface area contributed by atoms with Crippen molar-refractivity contribution in [2.45, 2.75) is 13.0 Å². The van der Waals surface area contributed by atoms with Gasteiger partial charge in [0.2, 0.25) is 0 Å². The molecule has 4 nitrogen and oxygen atoms in total. The first-order chi connectivity index (χ1) is 7.63. The molecule has 16 heavy (non-hydrogen) atoms. The largest absolute Gasteiger partial charge is 0.387 e. The van der Waals surface area contributed by atoms with Crippen LogP contribution in [0, 0.1) is 5.82 Å². The van der Waals surface area contributed by atoms with Crippen molar-refractivity contribution in [3.05, 3.63) is 35.6 Å². The fourth-order valence-corrected chi connectivity index (χ4v) is 1.22. The molecule has 88 valence electrons. The number of aliphatic hydroxyl groups excluding tert-OH is 1. The second-order valence-electron chi connectivity index (χ2n) is 3.31. The van der Waals surface area contributed by atoms with Crippen molar-refractivity contribution in [1.82, 2.24) is 10.6 Å². The summed E-state index contributed by atoms with van der Waals surface area (Å²) in [5.74, 6) is -0.354. The fourth-order valence-electron chi connectivity index (χ4n) is 1.22. The van der Waals surface area contributed by atoms with Crippen molar-refractivity contribution in [2.75, 3.05) is 13.1 Å². The maximum atomic E-state index is 12.6. The van der Waals surface area contributed by atoms with Crippen LogP contribution in [0.2, 0.25) is 0 Å². The molecule has 0 aliphatic carbocycles. The highest BCUT2D eigenvalue weighted by Crippen LogP contribution is 2.12. The number of carbonyl (C=O) groups is 1. The van der Waals surface area contributed by atoms with Crippen molar-refractivity contribution in [2.24, 2.45) is 0 Å². The number of hydrogen-bond acceptors (Lipinski definition) is 2. The Kier molecular flexibility index (Phi) is 4.72. The molecule has 0 aliphatic rings. The number of hydrogen-bond donors (Lipinski definition) is 3. The van der Waals surface area contributed by atoms with Crippen molar-refractivity contribution >= 4 is 6.03 Å². The number of halogens is 1. The average Bonchev–Trinajstić information content (AvgIpc) is 2.27. The molecule has 1 aromatic rings. The van der Waals surface area contributed by atoms with Gasteiger partial charge in [-0.3, -0.25) is 0 Å². The third-order valence-corrected chi connectivity index (χ3v) is 2.05. The van der Waals surface area contributed by atoms with Crippen LogP contribution < -0.4 is 10.6 Å². The topological polar surface area (TPSA) is 61.4 Å². The van der Waals surface area contributed by atoms with Crippen LogP contribution in [-0.4, -0.2) is 24.2 Å². The van der Waals surface area contributed by atoms with Crippen LogP contribution in [0.3, 0.4) is 0 Å². The summed E-state index contributed by atoms with van der Waals surface area (Å²) in [6, 6.07) is 5.18. The van der Waals surface area contributed by atoms with Gasteiger partial charge < -0.3 is 15.7 Å². The molecule has 0 saturated heterocycles. The summed E-state index contributed by atoms with van der Waals surface area (Å²) in [5, 5.41) is 14.7. The molecule has 0 aliphatic heterocycles. The van der Waals surface area contributed by atoms with E-state index in [1.54, 1.807) is 6.92 Å². The Labute approximate surface area is 93.5 Å². The smallest absolute Gasteiger partial charge is 0.314 e. The normalized spacial score (nSPS) is 11.9. The van der Waals surface area contributed by atoms with Crippen LogP contribution in [0.25, 0.3) is 0 Å². The highest BCUT2D eigenvalue weighted by molar-refractivity contribution is 5.73. The summed E-state index contributed by atoms with van der Waals surface area (Å²) in [4.78, 5) is 11.0. The lowest BCUT2D eigenvalue weighted by Crippen LogP contribution is -2.37. The predicted octanol–water partition coefficient (Wildman–Crippen LogP) is 1.18. The first kappa shape index (κ1) is 12.4. The maximum absolute atomic E-state index is 12.6. The zero-order chi connectivity index (χ0) is 12.0. The van der Waals surface area contributed by atoms with Crippen LogP contribution in [0.1, 0.15) is 18.6 Å². The quantitative estimate of drug-likeness (QED) is 0.722. The number of aliphatic hydroxyl groups is 1. The molecule has 5 heteroatoms. The van der Waals surface area contributed by atoms with E-state index in [1.165, 1.54) is 24.3 Å². The molecule has 0 aromatic heterocycles. The molecular weight excluding hydrogens is 211 g/mol. The number of carbonyl (C=O) groups excluding carboxylic acids is 1. The second kappa shape index (κ2) is 6.07. The molecule has 0 heterocycles. The van der Waals surface area contributed by atoms with Gasteiger partial charge in [0.15, 0.2) is 0 Å². The number of urea groups is 1. The Hall–Kier alpha value is -1.62. The molecule has 3 N–H and O–H groups in total. The summed E-state index contributed by atoms with van der Waals surface area (Å²) < 4.78 is 12.6. The van der Waals surface area contributed by atoms with Crippen molar-refractivity contribution < 1.29 is 14.3 Å².